The Bertz CT molecular complexity index is 690. The number of H-pyrrole nitrogens is 1. The minimum atomic E-state index is -0.294. The molecule has 3 aromatic heterocycles. The van der Waals surface area contributed by atoms with E-state index in [1.165, 1.54) is 11.0 Å². The van der Waals surface area contributed by atoms with Gasteiger partial charge in [0.25, 0.3) is 5.56 Å². The van der Waals surface area contributed by atoms with Crippen molar-refractivity contribution in [2.75, 3.05) is 5.53 Å². The highest BCUT2D eigenvalue weighted by atomic mass is 16.1. The molecule has 0 fully saturated rings. The van der Waals surface area contributed by atoms with Gasteiger partial charge in [-0.2, -0.15) is 0 Å². The van der Waals surface area contributed by atoms with E-state index in [4.69, 9.17) is 5.84 Å². The van der Waals surface area contributed by atoms with Crippen LogP contribution in [0.5, 0.6) is 0 Å². The molecular formula is C7H7N7O. The molecule has 0 atom stereocenters. The average molecular weight is 205 g/mol. The first-order valence-electron chi connectivity index (χ1n) is 4.20. The predicted molar refractivity (Wildman–Crippen MR) is 52.7 cm³/mol. The van der Waals surface area contributed by atoms with Crippen LogP contribution in [-0.2, 0) is 0 Å². The van der Waals surface area contributed by atoms with E-state index in [9.17, 15) is 4.79 Å². The number of imidazole rings is 2. The first-order chi connectivity index (χ1) is 7.31. The van der Waals surface area contributed by atoms with Crippen molar-refractivity contribution in [1.29, 1.82) is 0 Å². The zero-order chi connectivity index (χ0) is 10.4. The number of nitrogen functional groups attached to an aromatic ring is 1. The van der Waals surface area contributed by atoms with E-state index in [0.29, 0.717) is 16.9 Å². The number of hydrazine groups is 1. The van der Waals surface area contributed by atoms with Crippen molar-refractivity contribution >= 4 is 16.9 Å². The fourth-order valence-corrected chi connectivity index (χ4v) is 1.55. The van der Waals surface area contributed by atoms with Gasteiger partial charge in [-0.1, -0.05) is 0 Å². The first kappa shape index (κ1) is 8.00. The highest BCUT2D eigenvalue weighted by Crippen LogP contribution is 2.07. The summed E-state index contributed by atoms with van der Waals surface area (Å²) in [7, 11) is 0. The highest BCUT2D eigenvalue weighted by molar-refractivity contribution is 5.72. The lowest BCUT2D eigenvalue weighted by Crippen LogP contribution is -2.22. The van der Waals surface area contributed by atoms with Crippen molar-refractivity contribution in [3.8, 4) is 0 Å². The van der Waals surface area contributed by atoms with Gasteiger partial charge < -0.3 is 0 Å². The number of aromatic nitrogens is 5. The lowest BCUT2D eigenvalue weighted by Gasteiger charge is -2.02. The molecule has 0 radical (unpaired) electrons. The van der Waals surface area contributed by atoms with Crippen molar-refractivity contribution in [1.82, 2.24) is 24.0 Å². The Hall–Kier alpha value is -2.35. The summed E-state index contributed by atoms with van der Waals surface area (Å²) in [5.41, 5.74) is 2.97. The van der Waals surface area contributed by atoms with Crippen molar-refractivity contribution < 1.29 is 0 Å². The summed E-state index contributed by atoms with van der Waals surface area (Å²) < 4.78 is 3.13. The van der Waals surface area contributed by atoms with Gasteiger partial charge in [-0.3, -0.25) is 19.7 Å². The molecule has 76 valence electrons. The fraction of sp³-hybridized carbons (Fsp3) is 0. The zero-order valence-corrected chi connectivity index (χ0v) is 7.51. The number of aromatic amines is 1. The van der Waals surface area contributed by atoms with Crippen molar-refractivity contribution in [2.24, 2.45) is 5.84 Å². The van der Waals surface area contributed by atoms with Crippen molar-refractivity contribution in [3.05, 3.63) is 29.1 Å². The molecule has 0 spiro atoms. The third-order valence-corrected chi connectivity index (χ3v) is 2.19. The van der Waals surface area contributed by atoms with E-state index in [2.05, 4.69) is 20.5 Å². The Balaban J connectivity index is 2.67. The number of nitrogens with zero attached hydrogens (tertiary/aromatic N) is 4. The van der Waals surface area contributed by atoms with Crippen LogP contribution in [0.15, 0.2) is 23.5 Å². The Morgan fingerprint density at radius 2 is 2.33 bits per heavy atom. The average Bonchev–Trinajstić information content (AvgIpc) is 2.81. The summed E-state index contributed by atoms with van der Waals surface area (Å²) in [4.78, 5) is 22.1. The third-order valence-electron chi connectivity index (χ3n) is 2.19. The van der Waals surface area contributed by atoms with Crippen LogP contribution < -0.4 is 16.9 Å². The molecule has 4 N–H and O–H groups in total. The van der Waals surface area contributed by atoms with Crippen LogP contribution in [0.1, 0.15) is 0 Å². The fourth-order valence-electron chi connectivity index (χ4n) is 1.55. The lowest BCUT2D eigenvalue weighted by molar-refractivity contribution is 0.883. The summed E-state index contributed by atoms with van der Waals surface area (Å²) in [5, 5.41) is 0. The summed E-state index contributed by atoms with van der Waals surface area (Å²) in [6.07, 6.45) is 4.72. The molecule has 0 aliphatic carbocycles. The number of nitrogens with one attached hydrogen (secondary N) is 2. The monoisotopic (exact) mass is 205 g/mol. The molecule has 0 aromatic carbocycles. The smallest absolute Gasteiger partial charge is 0.280 e. The van der Waals surface area contributed by atoms with Gasteiger partial charge in [0.2, 0.25) is 5.78 Å². The second-order valence-corrected chi connectivity index (χ2v) is 2.99. The van der Waals surface area contributed by atoms with E-state index >= 15 is 0 Å². The maximum absolute atomic E-state index is 11.6. The summed E-state index contributed by atoms with van der Waals surface area (Å²) in [6, 6.07) is 0. The molecule has 15 heavy (non-hydrogen) atoms. The SMILES string of the molecule is NNn1cnc2c(=O)[nH]c3nccn3c21. The van der Waals surface area contributed by atoms with Gasteiger partial charge in [-0.25, -0.2) is 20.5 Å². The summed E-state index contributed by atoms with van der Waals surface area (Å²) in [6.45, 7) is 0. The van der Waals surface area contributed by atoms with Gasteiger partial charge in [-0.05, 0) is 0 Å². The molecule has 8 heteroatoms. The van der Waals surface area contributed by atoms with E-state index in [1.54, 1.807) is 16.8 Å². The second-order valence-electron chi connectivity index (χ2n) is 2.99. The lowest BCUT2D eigenvalue weighted by atomic mass is 10.5. The largest absolute Gasteiger partial charge is 0.290 e. The van der Waals surface area contributed by atoms with Crippen LogP contribution in [0.3, 0.4) is 0 Å². The third kappa shape index (κ3) is 0.904. The minimum absolute atomic E-state index is 0.294. The van der Waals surface area contributed by atoms with E-state index < -0.39 is 0 Å². The molecule has 0 bridgehead atoms. The topological polar surface area (TPSA) is 106 Å². The Morgan fingerprint density at radius 1 is 1.47 bits per heavy atom. The number of hydrogen-bond acceptors (Lipinski definition) is 5. The van der Waals surface area contributed by atoms with Crippen LogP contribution in [0.25, 0.3) is 16.9 Å². The Labute approximate surface area is 82.3 Å². The molecule has 8 nitrogen and oxygen atoms in total. The maximum Gasteiger partial charge on any atom is 0.280 e. The zero-order valence-electron chi connectivity index (χ0n) is 7.51. The van der Waals surface area contributed by atoms with E-state index in [1.807, 2.05) is 0 Å². The predicted octanol–water partition coefficient (Wildman–Crippen LogP) is -1.21. The Kier molecular flexibility index (Phi) is 1.37. The summed E-state index contributed by atoms with van der Waals surface area (Å²) >= 11 is 0. The molecular weight excluding hydrogens is 198 g/mol. The minimum Gasteiger partial charge on any atom is -0.290 e. The molecule has 0 aliphatic heterocycles. The van der Waals surface area contributed by atoms with Gasteiger partial charge in [0.05, 0.1) is 0 Å². The maximum atomic E-state index is 11.6. The molecule has 0 aliphatic rings. The van der Waals surface area contributed by atoms with Gasteiger partial charge in [0, 0.05) is 12.4 Å². The summed E-state index contributed by atoms with van der Waals surface area (Å²) in [5.74, 6) is 5.75. The number of rotatable bonds is 1. The van der Waals surface area contributed by atoms with Crippen LogP contribution in [0, 0.1) is 0 Å². The van der Waals surface area contributed by atoms with Crippen LogP contribution >= 0.6 is 0 Å². The number of hydrogen-bond donors (Lipinski definition) is 3. The first-order valence-corrected chi connectivity index (χ1v) is 4.20. The van der Waals surface area contributed by atoms with Crippen LogP contribution in [0.4, 0.5) is 0 Å². The van der Waals surface area contributed by atoms with Crippen molar-refractivity contribution in [3.63, 3.8) is 0 Å². The van der Waals surface area contributed by atoms with Crippen molar-refractivity contribution in [2.45, 2.75) is 0 Å². The molecule has 0 amide bonds. The number of fused-ring (bicyclic) bond motifs is 3. The highest BCUT2D eigenvalue weighted by Gasteiger charge is 2.10. The van der Waals surface area contributed by atoms with Crippen LogP contribution in [0.2, 0.25) is 0 Å². The molecule has 3 aromatic rings. The van der Waals surface area contributed by atoms with Gasteiger partial charge in [-0.15, -0.1) is 0 Å². The van der Waals surface area contributed by atoms with Crippen LogP contribution in [-0.4, -0.2) is 24.0 Å². The molecule has 0 saturated heterocycles. The van der Waals surface area contributed by atoms with Gasteiger partial charge >= 0.3 is 0 Å². The van der Waals surface area contributed by atoms with E-state index in [0.717, 1.165) is 0 Å². The molecule has 3 rings (SSSR count). The van der Waals surface area contributed by atoms with Gasteiger partial charge in [0.1, 0.15) is 6.33 Å². The second kappa shape index (κ2) is 2.58. The molecule has 3 heterocycles. The Morgan fingerprint density at radius 3 is 3.13 bits per heavy atom. The van der Waals surface area contributed by atoms with Gasteiger partial charge in [0.15, 0.2) is 11.2 Å². The number of nitrogens with two attached hydrogens (primary N) is 1. The standard InChI is InChI=1S/C7H7N7O/c8-12-14-3-10-4-5(15)11-7-9-1-2-13(7)6(4)14/h1-3,12H,8H2,(H,9,11,15). The van der Waals surface area contributed by atoms with E-state index in [-0.39, 0.29) is 5.56 Å². The quantitative estimate of drug-likeness (QED) is 0.341. The molecule has 0 saturated carbocycles. The normalized spacial score (nSPS) is 11.3. The molecule has 0 unspecified atom stereocenters.